The Morgan fingerprint density at radius 2 is 2.11 bits per heavy atom. The van der Waals surface area contributed by atoms with Crippen LogP contribution in [0, 0.1) is 5.92 Å². The predicted molar refractivity (Wildman–Crippen MR) is 71.5 cm³/mol. The number of nitrogens with two attached hydrogens (primary N) is 1. The van der Waals surface area contributed by atoms with Crippen molar-refractivity contribution in [2.24, 2.45) is 11.7 Å². The maximum atomic E-state index is 9.89. The van der Waals surface area contributed by atoms with Crippen LogP contribution in [0.5, 0.6) is 11.5 Å². The first kappa shape index (κ1) is 13.2. The smallest absolute Gasteiger partial charge is 0.124 e. The van der Waals surface area contributed by atoms with E-state index in [-0.39, 0.29) is 23.6 Å². The predicted octanol–water partition coefficient (Wildman–Crippen LogP) is 1.83. The van der Waals surface area contributed by atoms with Crippen molar-refractivity contribution in [3.8, 4) is 11.5 Å². The molecule has 0 radical (unpaired) electrons. The average Bonchev–Trinajstić information content (AvgIpc) is 2.32. The van der Waals surface area contributed by atoms with Crippen LogP contribution >= 0.6 is 0 Å². The number of phenols is 2. The molecule has 0 aliphatic carbocycles. The second kappa shape index (κ2) is 5.16. The normalized spacial score (nSPS) is 27.1. The van der Waals surface area contributed by atoms with Gasteiger partial charge >= 0.3 is 0 Å². The van der Waals surface area contributed by atoms with Gasteiger partial charge in [0.1, 0.15) is 11.5 Å². The summed E-state index contributed by atoms with van der Waals surface area (Å²) in [5.41, 5.74) is 6.94. The quantitative estimate of drug-likeness (QED) is 0.749. The summed E-state index contributed by atoms with van der Waals surface area (Å²) in [5, 5.41) is 19.2. The number of aromatic hydroxyl groups is 2. The van der Waals surface area contributed by atoms with Gasteiger partial charge in [-0.25, -0.2) is 0 Å². The summed E-state index contributed by atoms with van der Waals surface area (Å²) in [6.07, 6.45) is 1.09. The Hall–Kier alpha value is -1.26. The number of nitrogens with zero attached hydrogens (tertiary/aromatic N) is 1. The molecule has 1 fully saturated rings. The highest BCUT2D eigenvalue weighted by atomic mass is 16.3. The lowest BCUT2D eigenvalue weighted by atomic mass is 9.92. The molecule has 1 saturated heterocycles. The molecule has 1 aromatic carbocycles. The minimum Gasteiger partial charge on any atom is -0.508 e. The minimum atomic E-state index is 0.0902. The van der Waals surface area contributed by atoms with Crippen molar-refractivity contribution < 1.29 is 10.2 Å². The number of piperidine rings is 1. The van der Waals surface area contributed by atoms with Crippen LogP contribution in [0.3, 0.4) is 0 Å². The zero-order valence-electron chi connectivity index (χ0n) is 11.0. The second-order valence-electron chi connectivity index (χ2n) is 5.34. The Bertz CT molecular complexity index is 422. The van der Waals surface area contributed by atoms with Crippen LogP contribution in [0.2, 0.25) is 0 Å². The highest BCUT2D eigenvalue weighted by Crippen LogP contribution is 2.33. The molecule has 3 atom stereocenters. The molecule has 1 aliphatic heterocycles. The third-order valence-electron chi connectivity index (χ3n) is 4.06. The SMILES string of the molecule is CC1CCN(C(C)c2ccc(O)cc2O)CC1N. The third kappa shape index (κ3) is 2.60. The van der Waals surface area contributed by atoms with E-state index in [0.717, 1.165) is 25.1 Å². The van der Waals surface area contributed by atoms with Crippen LogP contribution in [-0.4, -0.2) is 34.2 Å². The van der Waals surface area contributed by atoms with E-state index in [1.165, 1.54) is 6.07 Å². The molecule has 2 rings (SSSR count). The molecular weight excluding hydrogens is 228 g/mol. The van der Waals surface area contributed by atoms with Crippen molar-refractivity contribution in [1.82, 2.24) is 4.90 Å². The number of hydrogen-bond acceptors (Lipinski definition) is 4. The first-order chi connectivity index (χ1) is 8.49. The summed E-state index contributed by atoms with van der Waals surface area (Å²) in [7, 11) is 0. The molecule has 0 saturated carbocycles. The van der Waals surface area contributed by atoms with Gasteiger partial charge in [-0.15, -0.1) is 0 Å². The van der Waals surface area contributed by atoms with Gasteiger partial charge in [-0.2, -0.15) is 0 Å². The maximum absolute atomic E-state index is 9.89. The van der Waals surface area contributed by atoms with E-state index in [2.05, 4.69) is 18.7 Å². The molecule has 1 aromatic rings. The van der Waals surface area contributed by atoms with E-state index >= 15 is 0 Å². The fraction of sp³-hybridized carbons (Fsp3) is 0.571. The Kier molecular flexibility index (Phi) is 3.78. The molecule has 18 heavy (non-hydrogen) atoms. The van der Waals surface area contributed by atoms with Gasteiger partial charge in [-0.3, -0.25) is 4.90 Å². The van der Waals surface area contributed by atoms with Crippen molar-refractivity contribution in [2.75, 3.05) is 13.1 Å². The van der Waals surface area contributed by atoms with Crippen LogP contribution in [0.4, 0.5) is 0 Å². The number of likely N-dealkylation sites (tertiary alicyclic amines) is 1. The lowest BCUT2D eigenvalue weighted by Gasteiger charge is -2.39. The van der Waals surface area contributed by atoms with Crippen molar-refractivity contribution in [3.05, 3.63) is 23.8 Å². The maximum Gasteiger partial charge on any atom is 0.124 e. The summed E-state index contributed by atoms with van der Waals surface area (Å²) < 4.78 is 0. The number of benzene rings is 1. The standard InChI is InChI=1S/C14H22N2O2/c1-9-5-6-16(8-13(9)15)10(2)12-4-3-11(17)7-14(12)18/h3-4,7,9-10,13,17-18H,5-6,8,15H2,1-2H3. The van der Waals surface area contributed by atoms with Crippen molar-refractivity contribution >= 4 is 0 Å². The Morgan fingerprint density at radius 3 is 2.72 bits per heavy atom. The lowest BCUT2D eigenvalue weighted by molar-refractivity contribution is 0.127. The summed E-state index contributed by atoms with van der Waals surface area (Å²) in [6, 6.07) is 5.08. The fourth-order valence-corrected chi connectivity index (χ4v) is 2.56. The largest absolute Gasteiger partial charge is 0.508 e. The van der Waals surface area contributed by atoms with Crippen LogP contribution in [0.15, 0.2) is 18.2 Å². The molecule has 1 heterocycles. The Balaban J connectivity index is 2.13. The van der Waals surface area contributed by atoms with Gasteiger partial charge in [0.05, 0.1) is 0 Å². The van der Waals surface area contributed by atoms with Gasteiger partial charge < -0.3 is 15.9 Å². The van der Waals surface area contributed by atoms with Crippen LogP contribution < -0.4 is 5.73 Å². The van der Waals surface area contributed by atoms with Gasteiger partial charge in [0.2, 0.25) is 0 Å². The van der Waals surface area contributed by atoms with Crippen molar-refractivity contribution in [2.45, 2.75) is 32.4 Å². The molecule has 100 valence electrons. The number of hydrogen-bond donors (Lipinski definition) is 3. The molecule has 4 N–H and O–H groups in total. The monoisotopic (exact) mass is 250 g/mol. The zero-order chi connectivity index (χ0) is 13.3. The van der Waals surface area contributed by atoms with Crippen LogP contribution in [-0.2, 0) is 0 Å². The first-order valence-electron chi connectivity index (χ1n) is 6.50. The number of rotatable bonds is 2. The fourth-order valence-electron chi connectivity index (χ4n) is 2.56. The highest BCUT2D eigenvalue weighted by Gasteiger charge is 2.27. The van der Waals surface area contributed by atoms with Gasteiger partial charge in [0.15, 0.2) is 0 Å². The zero-order valence-corrected chi connectivity index (χ0v) is 11.0. The van der Waals surface area contributed by atoms with E-state index in [9.17, 15) is 10.2 Å². The molecule has 3 unspecified atom stereocenters. The highest BCUT2D eigenvalue weighted by molar-refractivity contribution is 5.40. The Morgan fingerprint density at radius 1 is 1.39 bits per heavy atom. The number of phenolic OH excluding ortho intramolecular Hbond substituents is 2. The van der Waals surface area contributed by atoms with Crippen LogP contribution in [0.25, 0.3) is 0 Å². The first-order valence-corrected chi connectivity index (χ1v) is 6.50. The third-order valence-corrected chi connectivity index (χ3v) is 4.06. The lowest BCUT2D eigenvalue weighted by Crippen LogP contribution is -2.48. The van der Waals surface area contributed by atoms with E-state index in [0.29, 0.717) is 5.92 Å². The summed E-state index contributed by atoms with van der Waals surface area (Å²) in [6.45, 7) is 6.10. The molecule has 1 aliphatic rings. The molecule has 0 bridgehead atoms. The summed E-state index contributed by atoms with van der Waals surface area (Å²) in [4.78, 5) is 2.29. The molecule has 0 aromatic heterocycles. The van der Waals surface area contributed by atoms with Gasteiger partial charge in [-0.05, 0) is 31.9 Å². The molecule has 4 nitrogen and oxygen atoms in total. The van der Waals surface area contributed by atoms with E-state index < -0.39 is 0 Å². The topological polar surface area (TPSA) is 69.7 Å². The molecule has 0 amide bonds. The molecular formula is C14H22N2O2. The Labute approximate surface area is 108 Å². The summed E-state index contributed by atoms with van der Waals surface area (Å²) >= 11 is 0. The molecule has 4 heteroatoms. The minimum absolute atomic E-state index is 0.0902. The van der Waals surface area contributed by atoms with Gasteiger partial charge in [0.25, 0.3) is 0 Å². The average molecular weight is 250 g/mol. The van der Waals surface area contributed by atoms with Gasteiger partial charge in [0, 0.05) is 30.3 Å². The van der Waals surface area contributed by atoms with Gasteiger partial charge in [-0.1, -0.05) is 13.0 Å². The van der Waals surface area contributed by atoms with Crippen molar-refractivity contribution in [3.63, 3.8) is 0 Å². The second-order valence-corrected chi connectivity index (χ2v) is 5.34. The summed E-state index contributed by atoms with van der Waals surface area (Å²) in [5.74, 6) is 0.795. The van der Waals surface area contributed by atoms with E-state index in [4.69, 9.17) is 5.73 Å². The van der Waals surface area contributed by atoms with E-state index in [1.807, 2.05) is 0 Å². The van der Waals surface area contributed by atoms with E-state index in [1.54, 1.807) is 12.1 Å². The molecule has 0 spiro atoms. The van der Waals surface area contributed by atoms with Crippen molar-refractivity contribution in [1.29, 1.82) is 0 Å². The van der Waals surface area contributed by atoms with Crippen LogP contribution in [0.1, 0.15) is 31.9 Å².